The molecule has 0 atom stereocenters. The molecule has 0 aliphatic rings. The number of rotatable bonds is 2. The maximum atomic E-state index is 13.8. The second kappa shape index (κ2) is 5.31. The van der Waals surface area contributed by atoms with E-state index in [1.54, 1.807) is 12.1 Å². The van der Waals surface area contributed by atoms with E-state index in [0.29, 0.717) is 15.7 Å². The van der Waals surface area contributed by atoms with Gasteiger partial charge >= 0.3 is 0 Å². The van der Waals surface area contributed by atoms with Crippen molar-refractivity contribution in [3.63, 3.8) is 0 Å². The highest BCUT2D eigenvalue weighted by Gasteiger charge is 2.16. The summed E-state index contributed by atoms with van der Waals surface area (Å²) in [5.74, 6) is -1.07. The summed E-state index contributed by atoms with van der Waals surface area (Å²) in [4.78, 5) is 12.2. The van der Waals surface area contributed by atoms with Gasteiger partial charge < -0.3 is 5.73 Å². The van der Waals surface area contributed by atoms with Crippen LogP contribution in [0.5, 0.6) is 0 Å². The quantitative estimate of drug-likeness (QED) is 0.500. The average Bonchev–Trinajstić information content (AvgIpc) is 2.36. The van der Waals surface area contributed by atoms with E-state index in [2.05, 4.69) is 15.9 Å². The van der Waals surface area contributed by atoms with Gasteiger partial charge in [-0.05, 0) is 46.6 Å². The molecule has 0 radical (unpaired) electrons. The van der Waals surface area contributed by atoms with Gasteiger partial charge in [-0.25, -0.2) is 4.39 Å². The molecule has 0 unspecified atom stereocenters. The van der Waals surface area contributed by atoms with E-state index >= 15 is 0 Å². The minimum absolute atomic E-state index is 0.0727. The highest BCUT2D eigenvalue weighted by atomic mass is 79.9. The van der Waals surface area contributed by atoms with E-state index in [1.807, 2.05) is 6.92 Å². The van der Waals surface area contributed by atoms with Crippen LogP contribution in [0.3, 0.4) is 0 Å². The van der Waals surface area contributed by atoms with E-state index in [1.165, 1.54) is 18.2 Å². The molecule has 5 heteroatoms. The molecule has 2 aromatic rings. The number of hydrogen-bond donors (Lipinski definition) is 1. The molecule has 0 amide bonds. The Kier molecular flexibility index (Phi) is 3.92. The first kappa shape index (κ1) is 14.0. The molecule has 2 nitrogen and oxygen atoms in total. The largest absolute Gasteiger partial charge is 0.398 e. The molecule has 0 heterocycles. The van der Waals surface area contributed by atoms with Gasteiger partial charge in [0.25, 0.3) is 0 Å². The van der Waals surface area contributed by atoms with Crippen molar-refractivity contribution in [1.82, 2.24) is 0 Å². The summed E-state index contributed by atoms with van der Waals surface area (Å²) >= 11 is 8.99. The number of hydrogen-bond acceptors (Lipinski definition) is 2. The number of benzene rings is 2. The van der Waals surface area contributed by atoms with Crippen molar-refractivity contribution in [1.29, 1.82) is 0 Å². The van der Waals surface area contributed by atoms with Crippen molar-refractivity contribution < 1.29 is 9.18 Å². The minimum Gasteiger partial charge on any atom is -0.398 e. The lowest BCUT2D eigenvalue weighted by Gasteiger charge is -2.07. The molecule has 0 fully saturated rings. The lowest BCUT2D eigenvalue weighted by molar-refractivity contribution is 0.103. The Morgan fingerprint density at radius 3 is 2.63 bits per heavy atom. The van der Waals surface area contributed by atoms with Crippen molar-refractivity contribution in [3.8, 4) is 0 Å². The number of carbonyl (C=O) groups excluding carboxylic acids is 1. The minimum atomic E-state index is -0.625. The van der Waals surface area contributed by atoms with Crippen molar-refractivity contribution in [2.75, 3.05) is 5.73 Å². The zero-order valence-corrected chi connectivity index (χ0v) is 12.3. The standard InChI is InChI=1S/C14H10BrClFNO/c1-7-2-3-8(4-13(7)18)14(19)9-5-11(16)10(15)6-12(9)17/h2-6H,18H2,1H3. The Bertz CT molecular complexity index is 673. The molecule has 2 rings (SSSR count). The number of nitrogens with two attached hydrogens (primary N) is 1. The van der Waals surface area contributed by atoms with Gasteiger partial charge in [-0.3, -0.25) is 4.79 Å². The predicted molar refractivity (Wildman–Crippen MR) is 78.1 cm³/mol. The highest BCUT2D eigenvalue weighted by Crippen LogP contribution is 2.27. The Hall–Kier alpha value is -1.39. The van der Waals surface area contributed by atoms with E-state index < -0.39 is 11.6 Å². The molecule has 0 aliphatic carbocycles. The number of nitrogen functional groups attached to an aromatic ring is 1. The summed E-state index contributed by atoms with van der Waals surface area (Å²) in [6.45, 7) is 1.83. The fraction of sp³-hybridized carbons (Fsp3) is 0.0714. The van der Waals surface area contributed by atoms with E-state index in [4.69, 9.17) is 17.3 Å². The fourth-order valence-electron chi connectivity index (χ4n) is 1.63. The maximum Gasteiger partial charge on any atom is 0.196 e. The molecule has 0 aliphatic heterocycles. The van der Waals surface area contributed by atoms with Gasteiger partial charge in [0.05, 0.1) is 10.6 Å². The second-order valence-electron chi connectivity index (χ2n) is 4.15. The van der Waals surface area contributed by atoms with E-state index in [9.17, 15) is 9.18 Å². The molecule has 2 N–H and O–H groups in total. The number of ketones is 1. The first-order valence-corrected chi connectivity index (χ1v) is 6.62. The summed E-state index contributed by atoms with van der Waals surface area (Å²) in [6, 6.07) is 7.35. The maximum absolute atomic E-state index is 13.8. The molecule has 0 spiro atoms. The topological polar surface area (TPSA) is 43.1 Å². The van der Waals surface area contributed by atoms with Crippen LogP contribution in [-0.2, 0) is 0 Å². The lowest BCUT2D eigenvalue weighted by atomic mass is 10.0. The van der Waals surface area contributed by atoms with Gasteiger partial charge in [0, 0.05) is 15.7 Å². The third-order valence-electron chi connectivity index (χ3n) is 2.80. The van der Waals surface area contributed by atoms with Crippen molar-refractivity contribution in [2.45, 2.75) is 6.92 Å². The Morgan fingerprint density at radius 2 is 2.00 bits per heavy atom. The van der Waals surface area contributed by atoms with Crippen molar-refractivity contribution >= 4 is 39.0 Å². The number of anilines is 1. The van der Waals surface area contributed by atoms with Crippen LogP contribution in [0.1, 0.15) is 21.5 Å². The Labute approximate surface area is 123 Å². The summed E-state index contributed by atoms with van der Waals surface area (Å²) in [7, 11) is 0. The molecule has 0 bridgehead atoms. The van der Waals surface area contributed by atoms with E-state index in [0.717, 1.165) is 5.56 Å². The summed E-state index contributed by atoms with van der Waals surface area (Å²) in [6.07, 6.45) is 0. The second-order valence-corrected chi connectivity index (χ2v) is 5.41. The molecule has 2 aromatic carbocycles. The predicted octanol–water partition coefficient (Wildman–Crippen LogP) is 4.36. The number of aryl methyl sites for hydroxylation is 1. The third kappa shape index (κ3) is 2.80. The van der Waals surface area contributed by atoms with Crippen LogP contribution in [0.25, 0.3) is 0 Å². The van der Waals surface area contributed by atoms with Crippen LogP contribution in [0.4, 0.5) is 10.1 Å². The summed E-state index contributed by atoms with van der Waals surface area (Å²) in [5.41, 5.74) is 7.37. The van der Waals surface area contributed by atoms with E-state index in [-0.39, 0.29) is 10.6 Å². The highest BCUT2D eigenvalue weighted by molar-refractivity contribution is 9.10. The number of carbonyl (C=O) groups is 1. The van der Waals surface area contributed by atoms with Crippen LogP contribution in [-0.4, -0.2) is 5.78 Å². The van der Waals surface area contributed by atoms with Crippen LogP contribution in [0, 0.1) is 12.7 Å². The molecule has 0 saturated heterocycles. The number of halogens is 3. The fourth-order valence-corrected chi connectivity index (χ4v) is 2.11. The third-order valence-corrected chi connectivity index (χ3v) is 3.99. The molecule has 98 valence electrons. The monoisotopic (exact) mass is 341 g/mol. The zero-order chi connectivity index (χ0) is 14.2. The van der Waals surface area contributed by atoms with Gasteiger partial charge in [-0.2, -0.15) is 0 Å². The van der Waals surface area contributed by atoms with Crippen molar-refractivity contribution in [2.24, 2.45) is 0 Å². The molecule has 0 saturated carbocycles. The lowest BCUT2D eigenvalue weighted by Crippen LogP contribution is -2.05. The first-order chi connectivity index (χ1) is 8.90. The van der Waals surface area contributed by atoms with Gasteiger partial charge in [0.1, 0.15) is 5.82 Å². The first-order valence-electron chi connectivity index (χ1n) is 5.45. The van der Waals surface area contributed by atoms with Gasteiger partial charge in [0.2, 0.25) is 0 Å². The smallest absolute Gasteiger partial charge is 0.196 e. The summed E-state index contributed by atoms with van der Waals surface area (Å²) in [5, 5.41) is 0.282. The van der Waals surface area contributed by atoms with Gasteiger partial charge in [-0.15, -0.1) is 0 Å². The molecule has 19 heavy (non-hydrogen) atoms. The van der Waals surface area contributed by atoms with Gasteiger partial charge in [0.15, 0.2) is 5.78 Å². The Morgan fingerprint density at radius 1 is 1.32 bits per heavy atom. The van der Waals surface area contributed by atoms with Crippen LogP contribution in [0.2, 0.25) is 5.02 Å². The molecular formula is C14H10BrClFNO. The average molecular weight is 343 g/mol. The van der Waals surface area contributed by atoms with Crippen LogP contribution >= 0.6 is 27.5 Å². The normalized spacial score (nSPS) is 10.5. The van der Waals surface area contributed by atoms with Crippen LogP contribution < -0.4 is 5.73 Å². The zero-order valence-electron chi connectivity index (χ0n) is 10.0. The van der Waals surface area contributed by atoms with Crippen LogP contribution in [0.15, 0.2) is 34.8 Å². The summed E-state index contributed by atoms with van der Waals surface area (Å²) < 4.78 is 14.2. The van der Waals surface area contributed by atoms with Gasteiger partial charge in [-0.1, -0.05) is 23.7 Å². The molecular weight excluding hydrogens is 333 g/mol. The Balaban J connectivity index is 2.49. The SMILES string of the molecule is Cc1ccc(C(=O)c2cc(Cl)c(Br)cc2F)cc1N. The molecule has 0 aromatic heterocycles. The van der Waals surface area contributed by atoms with Crippen molar-refractivity contribution in [3.05, 3.63) is 62.3 Å².